The highest BCUT2D eigenvalue weighted by atomic mass is 32.2. The Balaban J connectivity index is 1.81. The van der Waals surface area contributed by atoms with Crippen LogP contribution in [-0.4, -0.2) is 40.1 Å². The van der Waals surface area contributed by atoms with E-state index in [1.807, 2.05) is 55.5 Å². The maximum atomic E-state index is 5.74. The van der Waals surface area contributed by atoms with Gasteiger partial charge < -0.3 is 9.47 Å². The Morgan fingerprint density at radius 3 is 2.50 bits per heavy atom. The Labute approximate surface area is 155 Å². The normalized spacial score (nSPS) is 13.1. The molecule has 0 saturated carbocycles. The zero-order chi connectivity index (χ0) is 17.9. The van der Waals surface area contributed by atoms with E-state index in [-0.39, 0.29) is 0 Å². The summed E-state index contributed by atoms with van der Waals surface area (Å²) in [6.07, 6.45) is 0. The Bertz CT molecular complexity index is 968. The number of hydrogen-bond acceptors (Lipinski definition) is 6. The molecule has 0 saturated heterocycles. The predicted molar refractivity (Wildman–Crippen MR) is 102 cm³/mol. The molecule has 3 aromatic rings. The van der Waals surface area contributed by atoms with E-state index in [0.29, 0.717) is 18.2 Å². The van der Waals surface area contributed by atoms with E-state index in [9.17, 15) is 0 Å². The summed E-state index contributed by atoms with van der Waals surface area (Å²) in [4.78, 5) is 0. The van der Waals surface area contributed by atoms with Gasteiger partial charge in [0.1, 0.15) is 11.5 Å². The molecule has 0 N–H and O–H groups in total. The molecule has 132 valence electrons. The van der Waals surface area contributed by atoms with Crippen molar-refractivity contribution in [1.82, 2.24) is 14.9 Å². The van der Waals surface area contributed by atoms with Gasteiger partial charge in [-0.1, -0.05) is 36.0 Å². The molecule has 4 rings (SSSR count). The van der Waals surface area contributed by atoms with Gasteiger partial charge in [0.25, 0.3) is 0 Å². The van der Waals surface area contributed by atoms with Crippen molar-refractivity contribution in [3.63, 3.8) is 0 Å². The van der Waals surface area contributed by atoms with Crippen molar-refractivity contribution in [2.75, 3.05) is 19.5 Å². The Morgan fingerprint density at radius 1 is 1.00 bits per heavy atom. The molecule has 1 aliphatic rings. The van der Waals surface area contributed by atoms with Gasteiger partial charge in [0.05, 0.1) is 25.0 Å². The summed E-state index contributed by atoms with van der Waals surface area (Å²) in [5.41, 5.74) is 2.78. The van der Waals surface area contributed by atoms with Crippen LogP contribution < -0.4 is 9.47 Å². The second-order valence-corrected chi connectivity index (χ2v) is 6.53. The van der Waals surface area contributed by atoms with Gasteiger partial charge in [0.2, 0.25) is 5.16 Å². The van der Waals surface area contributed by atoms with Crippen LogP contribution >= 0.6 is 11.8 Å². The average molecular weight is 366 g/mol. The molecule has 1 aromatic heterocycles. The van der Waals surface area contributed by atoms with Crippen LogP contribution in [0.25, 0.3) is 11.4 Å². The second kappa shape index (κ2) is 7.21. The number of aromatic nitrogens is 3. The van der Waals surface area contributed by atoms with Gasteiger partial charge in [0, 0.05) is 11.3 Å². The predicted octanol–water partition coefficient (Wildman–Crippen LogP) is 3.71. The molecule has 1 aliphatic heterocycles. The first kappa shape index (κ1) is 16.7. The van der Waals surface area contributed by atoms with Crippen LogP contribution in [0.5, 0.6) is 11.5 Å². The van der Waals surface area contributed by atoms with Gasteiger partial charge in [-0.05, 0) is 31.2 Å². The van der Waals surface area contributed by atoms with Crippen molar-refractivity contribution in [2.24, 2.45) is 5.10 Å². The topological polar surface area (TPSA) is 61.5 Å². The maximum absolute atomic E-state index is 5.74. The van der Waals surface area contributed by atoms with E-state index in [0.717, 1.165) is 33.5 Å². The number of hydrogen-bond donors (Lipinski definition) is 0. The number of methoxy groups -OCH3 is 1. The number of benzene rings is 2. The third kappa shape index (κ3) is 2.94. The third-order valence-corrected chi connectivity index (χ3v) is 4.95. The minimum atomic E-state index is 0.586. The first-order chi connectivity index (χ1) is 12.8. The summed E-state index contributed by atoms with van der Waals surface area (Å²) in [7, 11) is 1.67. The fourth-order valence-corrected chi connectivity index (χ4v) is 3.67. The van der Waals surface area contributed by atoms with Gasteiger partial charge in [-0.2, -0.15) is 9.78 Å². The van der Waals surface area contributed by atoms with Crippen LogP contribution in [0.1, 0.15) is 12.5 Å². The van der Waals surface area contributed by atoms with E-state index in [4.69, 9.17) is 14.6 Å². The number of para-hydroxylation sites is 2. The minimum absolute atomic E-state index is 0.586. The number of thioether (sulfide) groups is 1. The summed E-state index contributed by atoms with van der Waals surface area (Å²) >= 11 is 1.61. The lowest BCUT2D eigenvalue weighted by Gasteiger charge is -2.16. The SMILES string of the molecule is CCOc1ccccc1-c1nnc2n1N=C(c1ccccc1OC)CS2. The summed E-state index contributed by atoms with van der Waals surface area (Å²) in [5.74, 6) is 2.96. The second-order valence-electron chi connectivity index (χ2n) is 5.58. The number of rotatable bonds is 5. The molecule has 0 fully saturated rings. The standard InChI is InChI=1S/C19H18N4O2S/c1-3-25-17-11-7-5-9-14(17)18-20-21-19-23(18)22-15(12-26-19)13-8-4-6-10-16(13)24-2/h4-11H,3,12H2,1-2H3. The Morgan fingerprint density at radius 2 is 1.73 bits per heavy atom. The van der Waals surface area contributed by atoms with Crippen LogP contribution in [0, 0.1) is 0 Å². The summed E-state index contributed by atoms with van der Waals surface area (Å²) in [6, 6.07) is 15.7. The molecule has 0 amide bonds. The summed E-state index contributed by atoms with van der Waals surface area (Å²) < 4.78 is 13.0. The zero-order valence-electron chi connectivity index (χ0n) is 14.5. The first-order valence-corrected chi connectivity index (χ1v) is 9.32. The lowest BCUT2D eigenvalue weighted by atomic mass is 10.1. The van der Waals surface area contributed by atoms with Crippen molar-refractivity contribution < 1.29 is 9.47 Å². The van der Waals surface area contributed by atoms with E-state index in [1.165, 1.54) is 0 Å². The van der Waals surface area contributed by atoms with Crippen LogP contribution in [0.15, 0.2) is 58.8 Å². The fourth-order valence-electron chi connectivity index (χ4n) is 2.84. The largest absolute Gasteiger partial charge is 0.496 e. The third-order valence-electron chi connectivity index (χ3n) is 4.02. The number of ether oxygens (including phenoxy) is 2. The zero-order valence-corrected chi connectivity index (χ0v) is 15.4. The van der Waals surface area contributed by atoms with Crippen LogP contribution in [0.3, 0.4) is 0 Å². The lowest BCUT2D eigenvalue weighted by molar-refractivity contribution is 0.341. The monoisotopic (exact) mass is 366 g/mol. The quantitative estimate of drug-likeness (QED) is 0.689. The minimum Gasteiger partial charge on any atom is -0.496 e. The van der Waals surface area contributed by atoms with Crippen molar-refractivity contribution in [1.29, 1.82) is 0 Å². The molecule has 0 spiro atoms. The molecule has 2 heterocycles. The fraction of sp³-hybridized carbons (Fsp3) is 0.211. The van der Waals surface area contributed by atoms with Crippen molar-refractivity contribution in [2.45, 2.75) is 12.1 Å². The number of nitrogens with zero attached hydrogens (tertiary/aromatic N) is 4. The lowest BCUT2D eigenvalue weighted by Crippen LogP contribution is -2.14. The van der Waals surface area contributed by atoms with E-state index >= 15 is 0 Å². The molecular weight excluding hydrogens is 348 g/mol. The molecule has 6 nitrogen and oxygen atoms in total. The highest BCUT2D eigenvalue weighted by Crippen LogP contribution is 2.34. The van der Waals surface area contributed by atoms with E-state index < -0.39 is 0 Å². The molecule has 0 radical (unpaired) electrons. The molecule has 0 unspecified atom stereocenters. The van der Waals surface area contributed by atoms with E-state index in [1.54, 1.807) is 23.5 Å². The maximum Gasteiger partial charge on any atom is 0.212 e. The molecule has 0 atom stereocenters. The number of fused-ring (bicyclic) bond motifs is 1. The molecule has 0 bridgehead atoms. The van der Waals surface area contributed by atoms with Crippen LogP contribution in [0.2, 0.25) is 0 Å². The van der Waals surface area contributed by atoms with Gasteiger partial charge in [-0.3, -0.25) is 0 Å². The Kier molecular flexibility index (Phi) is 4.62. The highest BCUT2D eigenvalue weighted by Gasteiger charge is 2.23. The van der Waals surface area contributed by atoms with Gasteiger partial charge in [-0.15, -0.1) is 10.2 Å². The van der Waals surface area contributed by atoms with E-state index in [2.05, 4.69) is 10.2 Å². The molecule has 2 aromatic carbocycles. The summed E-state index contributed by atoms with van der Waals surface area (Å²) in [5, 5.41) is 14.2. The smallest absolute Gasteiger partial charge is 0.212 e. The van der Waals surface area contributed by atoms with Gasteiger partial charge in [0.15, 0.2) is 5.82 Å². The van der Waals surface area contributed by atoms with Crippen molar-refractivity contribution in [3.05, 3.63) is 54.1 Å². The summed E-state index contributed by atoms with van der Waals surface area (Å²) in [6.45, 7) is 2.55. The molecule has 26 heavy (non-hydrogen) atoms. The van der Waals surface area contributed by atoms with Gasteiger partial charge >= 0.3 is 0 Å². The average Bonchev–Trinajstić information content (AvgIpc) is 3.11. The highest BCUT2D eigenvalue weighted by molar-refractivity contribution is 7.99. The molecular formula is C19H18N4O2S. The Hall–Kier alpha value is -2.80. The molecule has 0 aliphatic carbocycles. The molecule has 7 heteroatoms. The van der Waals surface area contributed by atoms with Crippen LogP contribution in [0.4, 0.5) is 0 Å². The first-order valence-electron chi connectivity index (χ1n) is 8.33. The van der Waals surface area contributed by atoms with Gasteiger partial charge in [-0.25, -0.2) is 0 Å². The van der Waals surface area contributed by atoms with Crippen molar-refractivity contribution >= 4 is 17.5 Å². The van der Waals surface area contributed by atoms with Crippen molar-refractivity contribution in [3.8, 4) is 22.9 Å². The van der Waals surface area contributed by atoms with Crippen LogP contribution in [-0.2, 0) is 0 Å².